The molecule has 0 amide bonds. The van der Waals surface area contributed by atoms with E-state index in [1.807, 2.05) is 12.1 Å². The van der Waals surface area contributed by atoms with E-state index >= 15 is 0 Å². The molecule has 4 heteroatoms. The van der Waals surface area contributed by atoms with Crippen molar-refractivity contribution < 1.29 is 4.74 Å². The van der Waals surface area contributed by atoms with Crippen molar-refractivity contribution >= 4 is 19.7 Å². The maximum Gasteiger partial charge on any atom is 0.0678 e. The second-order valence-electron chi connectivity index (χ2n) is 7.59. The van der Waals surface area contributed by atoms with Crippen molar-refractivity contribution in [2.75, 3.05) is 19.6 Å². The van der Waals surface area contributed by atoms with Gasteiger partial charge in [0.15, 0.2) is 0 Å². The summed E-state index contributed by atoms with van der Waals surface area (Å²) < 4.78 is 5.81. The van der Waals surface area contributed by atoms with Crippen LogP contribution in [-0.4, -0.2) is 44.8 Å². The molecular formula is C18H30ClNOSi. The molecule has 0 saturated carbocycles. The fourth-order valence-electron chi connectivity index (χ4n) is 3.49. The van der Waals surface area contributed by atoms with Crippen molar-refractivity contribution in [2.45, 2.75) is 57.7 Å². The Hall–Kier alpha value is -0.353. The van der Waals surface area contributed by atoms with Crippen LogP contribution in [0.25, 0.3) is 0 Å². The summed E-state index contributed by atoms with van der Waals surface area (Å²) in [5.41, 5.74) is 1.44. The van der Waals surface area contributed by atoms with Gasteiger partial charge < -0.3 is 4.74 Å². The molecule has 0 spiro atoms. The molecular weight excluding hydrogens is 310 g/mol. The van der Waals surface area contributed by atoms with Crippen molar-refractivity contribution in [3.8, 4) is 0 Å². The van der Waals surface area contributed by atoms with Crippen LogP contribution in [0.5, 0.6) is 0 Å². The van der Waals surface area contributed by atoms with Gasteiger partial charge in [0.25, 0.3) is 0 Å². The molecule has 0 aliphatic carbocycles. The summed E-state index contributed by atoms with van der Waals surface area (Å²) in [7, 11) is -1.18. The molecule has 2 rings (SSSR count). The number of rotatable bonds is 6. The van der Waals surface area contributed by atoms with Gasteiger partial charge in [-0.3, -0.25) is 4.90 Å². The van der Waals surface area contributed by atoms with Gasteiger partial charge in [0, 0.05) is 18.1 Å². The minimum Gasteiger partial charge on any atom is -0.373 e. The summed E-state index contributed by atoms with van der Waals surface area (Å²) in [6.45, 7) is 12.8. The molecule has 1 saturated heterocycles. The Morgan fingerprint density at radius 3 is 2.32 bits per heavy atom. The normalized spacial score (nSPS) is 23.7. The molecule has 0 radical (unpaired) electrons. The van der Waals surface area contributed by atoms with Crippen LogP contribution in [0.4, 0.5) is 0 Å². The Kier molecular flexibility index (Phi) is 6.51. The summed E-state index contributed by atoms with van der Waals surface area (Å²) in [6.07, 6.45) is 2.07. The van der Waals surface area contributed by atoms with Crippen LogP contribution in [0.1, 0.15) is 25.8 Å². The van der Waals surface area contributed by atoms with Gasteiger partial charge in [-0.25, -0.2) is 0 Å². The highest BCUT2D eigenvalue weighted by atomic mass is 35.5. The van der Waals surface area contributed by atoms with Crippen LogP contribution in [0, 0.1) is 0 Å². The Balaban J connectivity index is 1.76. The largest absolute Gasteiger partial charge is 0.373 e. The number of hydrogen-bond donors (Lipinski definition) is 0. The van der Waals surface area contributed by atoms with Crippen LogP contribution in [0.2, 0.25) is 24.2 Å². The fraction of sp³-hybridized carbons (Fsp3) is 0.667. The van der Waals surface area contributed by atoms with E-state index in [9.17, 15) is 0 Å². The predicted octanol–water partition coefficient (Wildman–Crippen LogP) is 4.63. The topological polar surface area (TPSA) is 12.5 Å². The number of nitrogens with zero attached hydrogens (tertiary/aromatic N) is 1. The second-order valence-corrected chi connectivity index (χ2v) is 13.2. The highest BCUT2D eigenvalue weighted by Crippen LogP contribution is 2.21. The molecule has 2 atom stereocenters. The average molecular weight is 340 g/mol. The molecule has 124 valence electrons. The number of ether oxygens (including phenoxy) is 1. The van der Waals surface area contributed by atoms with Gasteiger partial charge in [0.2, 0.25) is 0 Å². The zero-order valence-electron chi connectivity index (χ0n) is 14.4. The zero-order chi connectivity index (χ0) is 16.2. The first-order valence-electron chi connectivity index (χ1n) is 8.46. The molecule has 22 heavy (non-hydrogen) atoms. The number of benzene rings is 1. The second kappa shape index (κ2) is 7.96. The predicted molar refractivity (Wildman–Crippen MR) is 98.5 cm³/mol. The first-order valence-corrected chi connectivity index (χ1v) is 12.3. The van der Waals surface area contributed by atoms with Crippen molar-refractivity contribution in [2.24, 2.45) is 0 Å². The van der Waals surface area contributed by atoms with Gasteiger partial charge in [-0.1, -0.05) is 48.4 Å². The molecule has 2 unspecified atom stereocenters. The van der Waals surface area contributed by atoms with E-state index in [0.717, 1.165) is 18.1 Å². The summed E-state index contributed by atoms with van der Waals surface area (Å²) in [5.74, 6) is 0. The maximum atomic E-state index is 5.97. The van der Waals surface area contributed by atoms with Crippen LogP contribution in [0.3, 0.4) is 0 Å². The van der Waals surface area contributed by atoms with Crippen LogP contribution >= 0.6 is 11.6 Å². The lowest BCUT2D eigenvalue weighted by molar-refractivity contribution is -0.0677. The highest BCUT2D eigenvalue weighted by molar-refractivity contribution is 6.76. The number of halogens is 1. The monoisotopic (exact) mass is 339 g/mol. The summed E-state index contributed by atoms with van der Waals surface area (Å²) in [4.78, 5) is 2.58. The summed E-state index contributed by atoms with van der Waals surface area (Å²) in [6, 6.07) is 11.0. The Labute approximate surface area is 141 Å². The van der Waals surface area contributed by atoms with Crippen LogP contribution < -0.4 is 0 Å². The van der Waals surface area contributed by atoms with Crippen molar-refractivity contribution in [1.29, 1.82) is 0 Å². The number of morpholine rings is 1. The SMILES string of the molecule is CC1CN(CCC[Si](C)(C)Cc2ccc(Cl)cc2)CC(C)O1. The maximum absolute atomic E-state index is 5.97. The Bertz CT molecular complexity index is 453. The van der Waals surface area contributed by atoms with E-state index in [2.05, 4.69) is 44.0 Å². The van der Waals surface area contributed by atoms with Gasteiger partial charge in [0.1, 0.15) is 0 Å². The number of hydrogen-bond acceptors (Lipinski definition) is 2. The first-order chi connectivity index (χ1) is 10.3. The third-order valence-corrected chi connectivity index (χ3v) is 7.74. The minimum absolute atomic E-state index is 0.378. The Morgan fingerprint density at radius 1 is 1.14 bits per heavy atom. The van der Waals surface area contributed by atoms with Gasteiger partial charge >= 0.3 is 0 Å². The van der Waals surface area contributed by atoms with Crippen molar-refractivity contribution in [3.63, 3.8) is 0 Å². The minimum atomic E-state index is -1.18. The van der Waals surface area contributed by atoms with Crippen LogP contribution in [-0.2, 0) is 10.8 Å². The molecule has 1 aliphatic heterocycles. The molecule has 1 aliphatic rings. The molecule has 1 aromatic rings. The van der Waals surface area contributed by atoms with E-state index < -0.39 is 8.07 Å². The summed E-state index contributed by atoms with van der Waals surface area (Å²) >= 11 is 5.97. The highest BCUT2D eigenvalue weighted by Gasteiger charge is 2.24. The average Bonchev–Trinajstić information content (AvgIpc) is 2.40. The lowest BCUT2D eigenvalue weighted by atomic mass is 10.2. The van der Waals surface area contributed by atoms with Gasteiger partial charge in [-0.2, -0.15) is 0 Å². The Morgan fingerprint density at radius 2 is 1.73 bits per heavy atom. The van der Waals surface area contributed by atoms with E-state index in [0.29, 0.717) is 12.2 Å². The van der Waals surface area contributed by atoms with Crippen molar-refractivity contribution in [3.05, 3.63) is 34.9 Å². The van der Waals surface area contributed by atoms with E-state index in [1.54, 1.807) is 0 Å². The standard InChI is InChI=1S/C18H30ClNOSi/c1-15-12-20(13-16(2)21-15)10-5-11-22(3,4)14-17-6-8-18(19)9-7-17/h6-9,15-16H,5,10-14H2,1-4H3. The van der Waals surface area contributed by atoms with Gasteiger partial charge in [-0.15, -0.1) is 0 Å². The van der Waals surface area contributed by atoms with Gasteiger partial charge in [0.05, 0.1) is 20.3 Å². The zero-order valence-corrected chi connectivity index (χ0v) is 16.2. The molecule has 0 aromatic heterocycles. The quantitative estimate of drug-likeness (QED) is 0.700. The molecule has 1 heterocycles. The smallest absolute Gasteiger partial charge is 0.0678 e. The van der Waals surface area contributed by atoms with E-state index in [-0.39, 0.29) is 0 Å². The molecule has 1 aromatic carbocycles. The molecule has 1 fully saturated rings. The third kappa shape index (κ3) is 6.03. The first kappa shape index (κ1) is 18.0. The fourth-order valence-corrected chi connectivity index (χ4v) is 6.25. The van der Waals surface area contributed by atoms with Crippen molar-refractivity contribution in [1.82, 2.24) is 4.90 Å². The molecule has 0 N–H and O–H groups in total. The van der Waals surface area contributed by atoms with Gasteiger partial charge in [-0.05, 0) is 45.0 Å². The van der Waals surface area contributed by atoms with E-state index in [4.69, 9.17) is 16.3 Å². The lowest BCUT2D eigenvalue weighted by Crippen LogP contribution is -2.46. The lowest BCUT2D eigenvalue weighted by Gasteiger charge is -2.35. The molecule has 2 nitrogen and oxygen atoms in total. The van der Waals surface area contributed by atoms with E-state index in [1.165, 1.54) is 30.6 Å². The van der Waals surface area contributed by atoms with Crippen LogP contribution in [0.15, 0.2) is 24.3 Å². The third-order valence-electron chi connectivity index (χ3n) is 4.42. The summed E-state index contributed by atoms with van der Waals surface area (Å²) in [5, 5.41) is 0.832. The molecule has 0 bridgehead atoms.